The van der Waals surface area contributed by atoms with Gasteiger partial charge in [0.15, 0.2) is 0 Å². The van der Waals surface area contributed by atoms with Gasteiger partial charge in [0.25, 0.3) is 0 Å². The van der Waals surface area contributed by atoms with Crippen molar-refractivity contribution >= 4 is 11.3 Å². The number of aryl methyl sites for hydroxylation is 1. The van der Waals surface area contributed by atoms with Crippen LogP contribution in [-0.2, 0) is 6.54 Å². The quantitative estimate of drug-likeness (QED) is 0.802. The lowest BCUT2D eigenvalue weighted by atomic mass is 10.1. The number of thiazole rings is 1. The molecule has 0 saturated heterocycles. The Labute approximate surface area is 96.5 Å². The summed E-state index contributed by atoms with van der Waals surface area (Å²) in [6.07, 6.45) is 0. The van der Waals surface area contributed by atoms with Gasteiger partial charge in [-0.05, 0) is 33.5 Å². The second kappa shape index (κ2) is 6.20. The predicted molar refractivity (Wildman–Crippen MR) is 66.3 cm³/mol. The Morgan fingerprint density at radius 3 is 2.87 bits per heavy atom. The van der Waals surface area contributed by atoms with E-state index >= 15 is 0 Å². The van der Waals surface area contributed by atoms with Gasteiger partial charge in [-0.3, -0.25) is 0 Å². The molecule has 3 nitrogen and oxygen atoms in total. The topological polar surface area (TPSA) is 28.2 Å². The van der Waals surface area contributed by atoms with E-state index < -0.39 is 0 Å². The summed E-state index contributed by atoms with van der Waals surface area (Å²) in [4.78, 5) is 6.80. The summed E-state index contributed by atoms with van der Waals surface area (Å²) >= 11 is 1.73. The van der Waals surface area contributed by atoms with Crippen LogP contribution >= 0.6 is 11.3 Å². The van der Waals surface area contributed by atoms with Crippen LogP contribution in [-0.4, -0.2) is 37.1 Å². The van der Waals surface area contributed by atoms with Crippen LogP contribution in [0, 0.1) is 12.8 Å². The number of aromatic nitrogens is 1. The van der Waals surface area contributed by atoms with Gasteiger partial charge in [0.2, 0.25) is 0 Å². The van der Waals surface area contributed by atoms with Crippen molar-refractivity contribution in [3.63, 3.8) is 0 Å². The molecule has 1 aromatic rings. The van der Waals surface area contributed by atoms with E-state index in [-0.39, 0.29) is 0 Å². The van der Waals surface area contributed by atoms with Crippen molar-refractivity contribution in [2.75, 3.05) is 27.2 Å². The minimum atomic E-state index is 0.680. The van der Waals surface area contributed by atoms with E-state index in [4.69, 9.17) is 0 Å². The Morgan fingerprint density at radius 2 is 2.33 bits per heavy atom. The monoisotopic (exact) mass is 227 g/mol. The first-order chi connectivity index (χ1) is 7.11. The van der Waals surface area contributed by atoms with Crippen LogP contribution in [0.5, 0.6) is 0 Å². The lowest BCUT2D eigenvalue weighted by Crippen LogP contribution is -2.29. The first-order valence-electron chi connectivity index (χ1n) is 5.36. The maximum Gasteiger partial charge on any atom is 0.0897 e. The highest BCUT2D eigenvalue weighted by Crippen LogP contribution is 2.10. The fourth-order valence-corrected chi connectivity index (χ4v) is 2.37. The van der Waals surface area contributed by atoms with Crippen LogP contribution in [0.3, 0.4) is 0 Å². The first-order valence-corrected chi connectivity index (χ1v) is 6.24. The molecular weight excluding hydrogens is 206 g/mol. The van der Waals surface area contributed by atoms with Crippen LogP contribution < -0.4 is 5.32 Å². The molecule has 0 spiro atoms. The van der Waals surface area contributed by atoms with E-state index in [0.29, 0.717) is 5.92 Å². The summed E-state index contributed by atoms with van der Waals surface area (Å²) < 4.78 is 0. The largest absolute Gasteiger partial charge is 0.319 e. The highest BCUT2D eigenvalue weighted by molar-refractivity contribution is 7.09. The first kappa shape index (κ1) is 12.6. The minimum Gasteiger partial charge on any atom is -0.319 e. The molecule has 4 heteroatoms. The van der Waals surface area contributed by atoms with Crippen molar-refractivity contribution in [2.24, 2.45) is 5.92 Å². The van der Waals surface area contributed by atoms with Crippen molar-refractivity contribution in [2.45, 2.75) is 20.4 Å². The second-order valence-corrected chi connectivity index (χ2v) is 5.28. The molecule has 1 heterocycles. The number of nitrogens with zero attached hydrogens (tertiary/aromatic N) is 2. The van der Waals surface area contributed by atoms with Crippen LogP contribution in [0.4, 0.5) is 0 Å². The maximum atomic E-state index is 4.47. The molecule has 0 aliphatic rings. The molecule has 1 unspecified atom stereocenters. The lowest BCUT2D eigenvalue weighted by molar-refractivity contribution is 0.274. The summed E-state index contributed by atoms with van der Waals surface area (Å²) in [7, 11) is 4.15. The smallest absolute Gasteiger partial charge is 0.0897 e. The van der Waals surface area contributed by atoms with Crippen molar-refractivity contribution < 1.29 is 0 Å². The van der Waals surface area contributed by atoms with Gasteiger partial charge in [0, 0.05) is 18.5 Å². The van der Waals surface area contributed by atoms with Gasteiger partial charge in [-0.2, -0.15) is 0 Å². The lowest BCUT2D eigenvalue weighted by Gasteiger charge is -2.20. The van der Waals surface area contributed by atoms with Crippen molar-refractivity contribution in [1.29, 1.82) is 0 Å². The molecule has 0 aliphatic heterocycles. The Balaban J connectivity index is 2.32. The molecular formula is C11H21N3S. The fourth-order valence-electron chi connectivity index (χ4n) is 1.77. The molecule has 15 heavy (non-hydrogen) atoms. The fraction of sp³-hybridized carbons (Fsp3) is 0.727. The zero-order valence-electron chi connectivity index (χ0n) is 10.1. The molecule has 86 valence electrons. The summed E-state index contributed by atoms with van der Waals surface area (Å²) in [5.41, 5.74) is 1.19. The number of hydrogen-bond donors (Lipinski definition) is 1. The van der Waals surface area contributed by atoms with E-state index in [0.717, 1.165) is 24.6 Å². The van der Waals surface area contributed by atoms with Crippen molar-refractivity contribution in [3.05, 3.63) is 16.1 Å². The van der Waals surface area contributed by atoms with E-state index in [9.17, 15) is 0 Å². The van der Waals surface area contributed by atoms with Crippen LogP contribution in [0.2, 0.25) is 0 Å². The van der Waals surface area contributed by atoms with E-state index in [1.807, 2.05) is 7.05 Å². The number of nitrogens with one attached hydrogen (secondary N) is 1. The summed E-state index contributed by atoms with van der Waals surface area (Å²) in [6.45, 7) is 7.45. The van der Waals surface area contributed by atoms with Gasteiger partial charge in [0.05, 0.1) is 10.7 Å². The van der Waals surface area contributed by atoms with Gasteiger partial charge in [0.1, 0.15) is 0 Å². The normalized spacial score (nSPS) is 13.4. The van der Waals surface area contributed by atoms with Gasteiger partial charge < -0.3 is 10.2 Å². The van der Waals surface area contributed by atoms with Gasteiger partial charge in [-0.15, -0.1) is 11.3 Å². The Hall–Kier alpha value is -0.450. The van der Waals surface area contributed by atoms with Crippen molar-refractivity contribution in [1.82, 2.24) is 15.2 Å². The Bertz CT molecular complexity index is 285. The van der Waals surface area contributed by atoms with Gasteiger partial charge in [-0.1, -0.05) is 6.92 Å². The molecule has 0 fully saturated rings. The van der Waals surface area contributed by atoms with Gasteiger partial charge >= 0.3 is 0 Å². The van der Waals surface area contributed by atoms with E-state index in [1.165, 1.54) is 5.69 Å². The average Bonchev–Trinajstić information content (AvgIpc) is 2.51. The summed E-state index contributed by atoms with van der Waals surface area (Å²) in [6, 6.07) is 0. The molecule has 0 bridgehead atoms. The van der Waals surface area contributed by atoms with Gasteiger partial charge in [-0.25, -0.2) is 4.98 Å². The number of rotatable bonds is 6. The predicted octanol–water partition coefficient (Wildman–Crippen LogP) is 1.74. The molecule has 1 N–H and O–H groups in total. The zero-order chi connectivity index (χ0) is 11.3. The second-order valence-electron chi connectivity index (χ2n) is 4.22. The third-order valence-electron chi connectivity index (χ3n) is 2.27. The Kier molecular flexibility index (Phi) is 5.22. The zero-order valence-corrected chi connectivity index (χ0v) is 10.9. The molecule has 0 aliphatic carbocycles. The SMILES string of the molecule is CNCC(C)CN(C)Cc1csc(C)n1. The molecule has 1 rings (SSSR count). The van der Waals surface area contributed by atoms with Crippen molar-refractivity contribution in [3.8, 4) is 0 Å². The molecule has 0 saturated carbocycles. The molecule has 0 radical (unpaired) electrons. The van der Waals surface area contributed by atoms with Crippen LogP contribution in [0.1, 0.15) is 17.6 Å². The number of hydrogen-bond acceptors (Lipinski definition) is 4. The van der Waals surface area contributed by atoms with Crippen LogP contribution in [0.25, 0.3) is 0 Å². The third kappa shape index (κ3) is 4.73. The maximum absolute atomic E-state index is 4.47. The molecule has 0 amide bonds. The standard InChI is InChI=1S/C11H21N3S/c1-9(5-12-3)6-14(4)7-11-8-15-10(2)13-11/h8-9,12H,5-7H2,1-4H3. The van der Waals surface area contributed by atoms with Crippen LogP contribution in [0.15, 0.2) is 5.38 Å². The molecule has 0 aromatic carbocycles. The highest BCUT2D eigenvalue weighted by Gasteiger charge is 2.07. The average molecular weight is 227 g/mol. The summed E-state index contributed by atoms with van der Waals surface area (Å²) in [5.74, 6) is 0.680. The van der Waals surface area contributed by atoms with E-state index in [2.05, 4.69) is 41.5 Å². The molecule has 1 atom stereocenters. The Morgan fingerprint density at radius 1 is 1.60 bits per heavy atom. The molecule has 1 aromatic heterocycles. The highest BCUT2D eigenvalue weighted by atomic mass is 32.1. The minimum absolute atomic E-state index is 0.680. The summed E-state index contributed by atoms with van der Waals surface area (Å²) in [5, 5.41) is 6.50. The third-order valence-corrected chi connectivity index (χ3v) is 3.10. The van der Waals surface area contributed by atoms with E-state index in [1.54, 1.807) is 11.3 Å².